The first-order valence-electron chi connectivity index (χ1n) is 9.87. The first kappa shape index (κ1) is 20.9. The number of carboxylic acids is 2. The van der Waals surface area contributed by atoms with Crippen LogP contribution < -0.4 is 9.47 Å². The zero-order valence-electron chi connectivity index (χ0n) is 17.1. The Labute approximate surface area is 183 Å². The van der Waals surface area contributed by atoms with Gasteiger partial charge >= 0.3 is 11.9 Å². The van der Waals surface area contributed by atoms with Crippen LogP contribution >= 0.6 is 0 Å². The number of carboxylic acid groups (broad SMARTS) is 2. The summed E-state index contributed by atoms with van der Waals surface area (Å²) in [6.45, 7) is 3.96. The SMILES string of the molecule is C=C(COc1cc2ccccc2cc1C(=O)O)COc1cc2ccccc2cc1C(=O)O. The molecule has 160 valence electrons. The lowest BCUT2D eigenvalue weighted by Crippen LogP contribution is -2.12. The monoisotopic (exact) mass is 428 g/mol. The molecule has 0 fully saturated rings. The summed E-state index contributed by atoms with van der Waals surface area (Å²) >= 11 is 0. The molecule has 32 heavy (non-hydrogen) atoms. The van der Waals surface area contributed by atoms with Crippen molar-refractivity contribution >= 4 is 33.5 Å². The lowest BCUT2D eigenvalue weighted by molar-refractivity contribution is 0.0682. The average molecular weight is 428 g/mol. The third-order valence-corrected chi connectivity index (χ3v) is 5.02. The number of ether oxygens (including phenoxy) is 2. The second-order valence-corrected chi connectivity index (χ2v) is 7.33. The molecule has 0 unspecified atom stereocenters. The number of rotatable bonds is 8. The van der Waals surface area contributed by atoms with Crippen LogP contribution in [0.25, 0.3) is 21.5 Å². The van der Waals surface area contributed by atoms with E-state index in [1.54, 1.807) is 24.3 Å². The van der Waals surface area contributed by atoms with Gasteiger partial charge in [0.2, 0.25) is 0 Å². The summed E-state index contributed by atoms with van der Waals surface area (Å²) in [5.41, 5.74) is 0.638. The fourth-order valence-electron chi connectivity index (χ4n) is 3.41. The van der Waals surface area contributed by atoms with E-state index >= 15 is 0 Å². The van der Waals surface area contributed by atoms with E-state index in [2.05, 4.69) is 6.58 Å². The van der Waals surface area contributed by atoms with Crippen molar-refractivity contribution in [3.05, 3.63) is 96.1 Å². The molecular weight excluding hydrogens is 408 g/mol. The number of hydrogen-bond donors (Lipinski definition) is 2. The molecule has 6 nitrogen and oxygen atoms in total. The van der Waals surface area contributed by atoms with Crippen molar-refractivity contribution in [1.29, 1.82) is 0 Å². The molecule has 0 radical (unpaired) electrons. The van der Waals surface area contributed by atoms with E-state index < -0.39 is 11.9 Å². The minimum Gasteiger partial charge on any atom is -0.488 e. The number of benzene rings is 4. The third kappa shape index (κ3) is 4.39. The summed E-state index contributed by atoms with van der Waals surface area (Å²) in [5.74, 6) is -1.71. The highest BCUT2D eigenvalue weighted by atomic mass is 16.5. The molecule has 0 spiro atoms. The largest absolute Gasteiger partial charge is 0.488 e. The summed E-state index contributed by atoms with van der Waals surface area (Å²) in [5, 5.41) is 22.4. The standard InChI is InChI=1S/C26H20O6/c1-16(14-31-23-12-19-8-4-2-6-17(19)10-21(23)25(27)28)15-32-24-13-20-9-5-3-7-18(20)11-22(24)26(29)30/h2-13H,1,14-15H2,(H,27,28)(H,29,30). The number of fused-ring (bicyclic) bond motifs is 2. The van der Waals surface area contributed by atoms with Crippen molar-refractivity contribution in [2.75, 3.05) is 13.2 Å². The summed E-state index contributed by atoms with van der Waals surface area (Å²) in [6.07, 6.45) is 0. The molecule has 4 aromatic carbocycles. The smallest absolute Gasteiger partial charge is 0.339 e. The minimum absolute atomic E-state index is 0.0224. The summed E-state index contributed by atoms with van der Waals surface area (Å²) in [4.78, 5) is 23.3. The summed E-state index contributed by atoms with van der Waals surface area (Å²) in [6, 6.07) is 21.3. The molecule has 2 N–H and O–H groups in total. The maximum Gasteiger partial charge on any atom is 0.339 e. The first-order valence-corrected chi connectivity index (χ1v) is 9.87. The molecule has 4 rings (SSSR count). The molecule has 0 saturated heterocycles. The normalized spacial score (nSPS) is 10.8. The first-order chi connectivity index (χ1) is 15.4. The van der Waals surface area contributed by atoms with E-state index in [1.807, 2.05) is 48.5 Å². The highest BCUT2D eigenvalue weighted by Crippen LogP contribution is 2.28. The molecule has 6 heteroatoms. The molecule has 0 saturated carbocycles. The lowest BCUT2D eigenvalue weighted by atomic mass is 10.1. The summed E-state index contributed by atoms with van der Waals surface area (Å²) < 4.78 is 11.5. The number of hydrogen-bond acceptors (Lipinski definition) is 4. The van der Waals surface area contributed by atoms with Gasteiger partial charge in [0.1, 0.15) is 35.8 Å². The van der Waals surface area contributed by atoms with E-state index in [1.165, 1.54) is 0 Å². The van der Waals surface area contributed by atoms with Gasteiger partial charge in [0.25, 0.3) is 0 Å². The van der Waals surface area contributed by atoms with Gasteiger partial charge in [-0.3, -0.25) is 0 Å². The zero-order chi connectivity index (χ0) is 22.7. The van der Waals surface area contributed by atoms with E-state index in [-0.39, 0.29) is 35.8 Å². The predicted molar refractivity (Wildman–Crippen MR) is 122 cm³/mol. The average Bonchev–Trinajstić information content (AvgIpc) is 2.79. The number of aromatic carboxylic acids is 2. The Morgan fingerprint density at radius 3 is 1.34 bits per heavy atom. The molecule has 0 heterocycles. The molecular formula is C26H20O6. The van der Waals surface area contributed by atoms with Crippen molar-refractivity contribution < 1.29 is 29.3 Å². The quantitative estimate of drug-likeness (QED) is 0.365. The van der Waals surface area contributed by atoms with Crippen LogP contribution in [0.15, 0.2) is 84.9 Å². The Bertz CT molecular complexity index is 1250. The Kier molecular flexibility index (Phi) is 5.77. The maximum absolute atomic E-state index is 11.6. The molecule has 4 aromatic rings. The van der Waals surface area contributed by atoms with Crippen LogP contribution in [0.4, 0.5) is 0 Å². The van der Waals surface area contributed by atoms with Gasteiger partial charge in [-0.15, -0.1) is 0 Å². The van der Waals surface area contributed by atoms with Crippen LogP contribution in [-0.4, -0.2) is 35.4 Å². The molecule has 0 aliphatic carbocycles. The second kappa shape index (κ2) is 8.81. The molecule has 0 aliphatic rings. The van der Waals surface area contributed by atoms with Crippen LogP contribution in [0.5, 0.6) is 11.5 Å². The van der Waals surface area contributed by atoms with Gasteiger partial charge in [-0.2, -0.15) is 0 Å². The van der Waals surface area contributed by atoms with Crippen LogP contribution in [0.3, 0.4) is 0 Å². The van der Waals surface area contributed by atoms with Gasteiger partial charge in [0.05, 0.1) is 0 Å². The van der Waals surface area contributed by atoms with Crippen LogP contribution in [0.1, 0.15) is 20.7 Å². The lowest BCUT2D eigenvalue weighted by Gasteiger charge is -2.14. The van der Waals surface area contributed by atoms with Gasteiger partial charge in [-0.25, -0.2) is 9.59 Å². The van der Waals surface area contributed by atoms with Crippen LogP contribution in [0.2, 0.25) is 0 Å². The van der Waals surface area contributed by atoms with Crippen molar-refractivity contribution in [3.8, 4) is 11.5 Å². The highest BCUT2D eigenvalue weighted by molar-refractivity contribution is 5.98. The second-order valence-electron chi connectivity index (χ2n) is 7.33. The van der Waals surface area contributed by atoms with E-state index in [0.29, 0.717) is 5.57 Å². The highest BCUT2D eigenvalue weighted by Gasteiger charge is 2.15. The van der Waals surface area contributed by atoms with Crippen molar-refractivity contribution in [2.24, 2.45) is 0 Å². The fourth-order valence-corrected chi connectivity index (χ4v) is 3.41. The number of carbonyl (C=O) groups is 2. The van der Waals surface area contributed by atoms with Gasteiger partial charge in [0, 0.05) is 0 Å². The Morgan fingerprint density at radius 1 is 0.656 bits per heavy atom. The van der Waals surface area contributed by atoms with Crippen molar-refractivity contribution in [3.63, 3.8) is 0 Å². The van der Waals surface area contributed by atoms with Crippen LogP contribution in [-0.2, 0) is 0 Å². The Morgan fingerprint density at radius 2 is 1.00 bits per heavy atom. The van der Waals surface area contributed by atoms with Gasteiger partial charge < -0.3 is 19.7 Å². The predicted octanol–water partition coefficient (Wildman–Crippen LogP) is 5.40. The Hall–Kier alpha value is -4.32. The molecule has 0 amide bonds. The van der Waals surface area contributed by atoms with E-state index in [4.69, 9.17) is 9.47 Å². The van der Waals surface area contributed by atoms with E-state index in [0.717, 1.165) is 21.5 Å². The fraction of sp³-hybridized carbons (Fsp3) is 0.0769. The molecule has 0 aromatic heterocycles. The van der Waals surface area contributed by atoms with E-state index in [9.17, 15) is 19.8 Å². The van der Waals surface area contributed by atoms with Gasteiger partial charge in [-0.1, -0.05) is 55.1 Å². The molecule has 0 aliphatic heterocycles. The van der Waals surface area contributed by atoms with Crippen LogP contribution in [0, 0.1) is 0 Å². The van der Waals surface area contributed by atoms with Crippen molar-refractivity contribution in [2.45, 2.75) is 0 Å². The van der Waals surface area contributed by atoms with Gasteiger partial charge in [0.15, 0.2) is 0 Å². The summed E-state index contributed by atoms with van der Waals surface area (Å²) in [7, 11) is 0. The maximum atomic E-state index is 11.6. The Balaban J connectivity index is 1.48. The van der Waals surface area contributed by atoms with Crippen molar-refractivity contribution in [1.82, 2.24) is 0 Å². The third-order valence-electron chi connectivity index (χ3n) is 5.02. The topological polar surface area (TPSA) is 93.1 Å². The molecule has 0 atom stereocenters. The zero-order valence-corrected chi connectivity index (χ0v) is 17.1. The van der Waals surface area contributed by atoms with Gasteiger partial charge in [-0.05, 0) is 51.4 Å². The minimum atomic E-state index is -1.09. The molecule has 0 bridgehead atoms.